The van der Waals surface area contributed by atoms with E-state index in [9.17, 15) is 43.7 Å². The van der Waals surface area contributed by atoms with Gasteiger partial charge in [0.15, 0.2) is 16.9 Å². The number of anilines is 2. The van der Waals surface area contributed by atoms with E-state index in [0.29, 0.717) is 16.5 Å². The normalized spacial score (nSPS) is 14.9. The van der Waals surface area contributed by atoms with Gasteiger partial charge in [-0.3, -0.25) is 0 Å². The predicted molar refractivity (Wildman–Crippen MR) is 160 cm³/mol. The van der Waals surface area contributed by atoms with Crippen LogP contribution in [0.4, 0.5) is 47.8 Å². The summed E-state index contributed by atoms with van der Waals surface area (Å²) in [7, 11) is -4.90. The first kappa shape index (κ1) is 36.9. The second-order valence-electron chi connectivity index (χ2n) is 9.72. The van der Waals surface area contributed by atoms with Gasteiger partial charge in [-0.05, 0) is 44.2 Å². The first-order valence-electron chi connectivity index (χ1n) is 12.9. The number of aryl methyl sites for hydroxylation is 1. The Labute approximate surface area is 270 Å². The van der Waals surface area contributed by atoms with Gasteiger partial charge in [0.25, 0.3) is 5.82 Å². The summed E-state index contributed by atoms with van der Waals surface area (Å²) in [5.74, 6) is -5.82. The highest BCUT2D eigenvalue weighted by atomic mass is 35.5. The minimum absolute atomic E-state index is 0. The maximum Gasteiger partial charge on any atom is 0.417 e. The van der Waals surface area contributed by atoms with Crippen molar-refractivity contribution in [2.24, 2.45) is 0 Å². The number of aromatic nitrogens is 2. The van der Waals surface area contributed by atoms with Crippen molar-refractivity contribution in [3.8, 4) is 0 Å². The molecule has 0 radical (unpaired) electrons. The minimum Gasteiger partial charge on any atom is -0.745 e. The molecule has 46 heavy (non-hydrogen) atoms. The van der Waals surface area contributed by atoms with E-state index < -0.39 is 57.3 Å². The van der Waals surface area contributed by atoms with Gasteiger partial charge in [0.05, 0.1) is 46.6 Å². The molecule has 3 aromatic rings. The third kappa shape index (κ3) is 7.07. The maximum atomic E-state index is 14.4. The molecule has 18 heteroatoms. The zero-order valence-corrected chi connectivity index (χ0v) is 25.5. The topological polar surface area (TPSA) is 76.8 Å². The molecule has 0 N–H and O–H groups in total. The second-order valence-corrected chi connectivity index (χ2v) is 11.9. The number of fused-ring (bicyclic) bond motifs is 2. The van der Waals surface area contributed by atoms with Crippen molar-refractivity contribution in [2.75, 3.05) is 22.9 Å². The van der Waals surface area contributed by atoms with Gasteiger partial charge in [-0.25, -0.2) is 31.2 Å². The number of alkyl halides is 7. The van der Waals surface area contributed by atoms with Gasteiger partial charge < -0.3 is 14.4 Å². The lowest BCUT2D eigenvalue weighted by molar-refractivity contribution is -0.654. The molecule has 4 rings (SSSR count). The molecule has 0 saturated carbocycles. The van der Waals surface area contributed by atoms with Crippen LogP contribution in [-0.2, 0) is 28.7 Å². The van der Waals surface area contributed by atoms with E-state index in [1.54, 1.807) is 18.4 Å². The first-order valence-corrected chi connectivity index (χ1v) is 15.2. The van der Waals surface area contributed by atoms with Gasteiger partial charge in [-0.15, -0.1) is 0 Å². The molecule has 1 aliphatic rings. The predicted octanol–water partition coefficient (Wildman–Crippen LogP) is 8.07. The largest absolute Gasteiger partial charge is 0.745 e. The lowest BCUT2D eigenvalue weighted by Crippen LogP contribution is -2.42. The molecule has 0 atom stereocenters. The summed E-state index contributed by atoms with van der Waals surface area (Å²) in [5.41, 5.74) is -1.36. The third-order valence-corrected chi connectivity index (χ3v) is 8.09. The molecule has 1 aromatic heterocycles. The average molecular weight is 717 g/mol. The molecular weight excluding hydrogens is 690 g/mol. The summed E-state index contributed by atoms with van der Waals surface area (Å²) in [6.07, 6.45) is -5.43. The highest BCUT2D eigenvalue weighted by molar-refractivity contribution is 7.84. The van der Waals surface area contributed by atoms with Crippen LogP contribution in [0.5, 0.6) is 0 Å². The summed E-state index contributed by atoms with van der Waals surface area (Å²) in [6.45, 7) is 9.06. The van der Waals surface area contributed by atoms with E-state index in [1.807, 2.05) is 0 Å². The molecule has 0 aliphatic carbocycles. The third-order valence-electron chi connectivity index (χ3n) is 6.90. The number of nitrogens with zero attached hydrogens (tertiary/aromatic N) is 5. The Morgan fingerprint density at radius 3 is 2.17 bits per heavy atom. The number of hydrogen-bond acceptors (Lipinski definition) is 5. The van der Waals surface area contributed by atoms with Gasteiger partial charge in [0, 0.05) is 12.6 Å². The van der Waals surface area contributed by atoms with Crippen molar-refractivity contribution in [1.82, 2.24) is 4.57 Å². The van der Waals surface area contributed by atoms with Crippen LogP contribution in [0.1, 0.15) is 32.7 Å². The van der Waals surface area contributed by atoms with Crippen LogP contribution in [-0.4, -0.2) is 43.0 Å². The van der Waals surface area contributed by atoms with Crippen LogP contribution in [0, 0.1) is 6.57 Å². The van der Waals surface area contributed by atoms with E-state index in [0.717, 1.165) is 16.7 Å². The van der Waals surface area contributed by atoms with Gasteiger partial charge in [-0.2, -0.15) is 22.0 Å². The lowest BCUT2D eigenvalue weighted by Gasteiger charge is -2.28. The van der Waals surface area contributed by atoms with Crippen LogP contribution in [0.15, 0.2) is 42.2 Å². The fourth-order valence-electron chi connectivity index (χ4n) is 5.03. The molecule has 0 amide bonds. The van der Waals surface area contributed by atoms with E-state index in [1.165, 1.54) is 29.2 Å². The van der Waals surface area contributed by atoms with E-state index in [2.05, 4.69) is 4.85 Å². The fraction of sp³-hybridized carbons (Fsp3) is 0.357. The Balaban J connectivity index is 0.00000576. The molecule has 0 saturated heterocycles. The summed E-state index contributed by atoms with van der Waals surface area (Å²) in [6, 6.07) is 4.11. The van der Waals surface area contributed by atoms with Crippen LogP contribution < -0.4 is 14.4 Å². The van der Waals surface area contributed by atoms with Gasteiger partial charge in [-0.1, -0.05) is 36.7 Å². The van der Waals surface area contributed by atoms with Crippen molar-refractivity contribution < 1.29 is 48.3 Å². The number of hydrogen-bond donors (Lipinski definition) is 0. The Morgan fingerprint density at radius 2 is 1.65 bits per heavy atom. The monoisotopic (exact) mass is 715 g/mol. The zero-order valence-electron chi connectivity index (χ0n) is 23.2. The van der Waals surface area contributed by atoms with E-state index in [-0.39, 0.29) is 54.1 Å². The molecule has 1 aliphatic heterocycles. The van der Waals surface area contributed by atoms with E-state index >= 15 is 0 Å². The van der Waals surface area contributed by atoms with Crippen LogP contribution in [0.2, 0.25) is 10.0 Å². The quantitative estimate of drug-likeness (QED) is 0.0970. The van der Waals surface area contributed by atoms with Gasteiger partial charge >= 0.3 is 18.5 Å². The Bertz CT molecular complexity index is 1870. The van der Waals surface area contributed by atoms with Crippen molar-refractivity contribution in [3.63, 3.8) is 0 Å². The number of rotatable bonds is 9. The molecule has 8 nitrogen and oxygen atoms in total. The molecule has 250 valence electrons. The SMILES string of the molecule is C.[C-]#[N+]c1cc2c(cc1Cl)n(CC)c(C=CC=C1N(CC)c3cc(Cl)c(C(F)(F)F)cc3N1CC(F)(F)C(F)F)[n+]2CS(=O)(=O)[O-]. The van der Waals surface area contributed by atoms with Crippen LogP contribution >= 0.6 is 23.2 Å². The van der Waals surface area contributed by atoms with Crippen molar-refractivity contribution in [3.05, 3.63) is 75.1 Å². The van der Waals surface area contributed by atoms with Crippen molar-refractivity contribution >= 4 is 67.5 Å². The Hall–Kier alpha value is -3.52. The van der Waals surface area contributed by atoms with Gasteiger partial charge in [0.1, 0.15) is 15.9 Å². The molecule has 0 fully saturated rings. The molecular formula is C28H26Cl2F7N5O3S. The molecule has 0 spiro atoms. The molecule has 0 unspecified atom stereocenters. The lowest BCUT2D eigenvalue weighted by atomic mass is 10.1. The number of benzene rings is 2. The Kier molecular flexibility index (Phi) is 10.7. The second kappa shape index (κ2) is 13.3. The van der Waals surface area contributed by atoms with Crippen LogP contribution in [0.3, 0.4) is 0 Å². The standard InChI is InChI=1S/C27H22Cl2F7N5O3S.CH4/c1-4-38-20-10-16(28)15(27(34,35)36)9-19(20)40(13-26(32,33)25(30)31)23(38)7-6-8-24-39(5-2)21-11-17(29)18(37-3)12-22(21)41(24)14-45(42,43)44;/h6-12,25H,4-5,13-14H2,1-2H3;1H4. The minimum atomic E-state index is -4.98. The Morgan fingerprint density at radius 1 is 1.02 bits per heavy atom. The number of halogens is 9. The highest BCUT2D eigenvalue weighted by Crippen LogP contribution is 2.48. The van der Waals surface area contributed by atoms with Crippen molar-refractivity contribution in [1.29, 1.82) is 0 Å². The molecule has 2 heterocycles. The molecule has 0 bridgehead atoms. The summed E-state index contributed by atoms with van der Waals surface area (Å²) in [5, 5.41) is -0.684. The first-order chi connectivity index (χ1) is 20.8. The summed E-state index contributed by atoms with van der Waals surface area (Å²) in [4.78, 5) is 5.20. The summed E-state index contributed by atoms with van der Waals surface area (Å²) < 4.78 is 134. The smallest absolute Gasteiger partial charge is 0.417 e. The zero-order chi connectivity index (χ0) is 33.6. The highest BCUT2D eigenvalue weighted by Gasteiger charge is 2.47. The molecule has 2 aromatic carbocycles. The van der Waals surface area contributed by atoms with E-state index in [4.69, 9.17) is 29.8 Å². The average Bonchev–Trinajstić information content (AvgIpc) is 3.35. The fourth-order valence-corrected chi connectivity index (χ4v) is 6.08. The number of imidazole rings is 1. The number of allylic oxidation sites excluding steroid dienone is 2. The summed E-state index contributed by atoms with van der Waals surface area (Å²) >= 11 is 12.1. The van der Waals surface area contributed by atoms with Crippen LogP contribution in [0.25, 0.3) is 22.0 Å². The maximum absolute atomic E-state index is 14.4. The van der Waals surface area contributed by atoms with Gasteiger partial charge in [0.2, 0.25) is 5.69 Å². The van der Waals surface area contributed by atoms with Crippen molar-refractivity contribution in [2.45, 2.75) is 52.2 Å².